The van der Waals surface area contributed by atoms with E-state index < -0.39 is 5.79 Å². The van der Waals surface area contributed by atoms with Gasteiger partial charge in [-0.25, -0.2) is 0 Å². The number of para-hydroxylation sites is 1. The van der Waals surface area contributed by atoms with Crippen LogP contribution in [0, 0.1) is 0 Å². The van der Waals surface area contributed by atoms with E-state index in [1.165, 1.54) is 0 Å². The van der Waals surface area contributed by atoms with Gasteiger partial charge in [0.1, 0.15) is 19.3 Å². The second-order valence-corrected chi connectivity index (χ2v) is 6.51. The SMILES string of the molecule is CC1(C)OC[C@H](COc2cccc(Cl)c2OCc2ccccc2)O1. The third-order valence-corrected chi connectivity index (χ3v) is 3.95. The van der Waals surface area contributed by atoms with E-state index in [0.29, 0.717) is 36.3 Å². The second-order valence-electron chi connectivity index (χ2n) is 6.10. The molecule has 24 heavy (non-hydrogen) atoms. The fourth-order valence-corrected chi connectivity index (χ4v) is 2.72. The van der Waals surface area contributed by atoms with Gasteiger partial charge in [-0.1, -0.05) is 48.0 Å². The molecule has 0 aromatic heterocycles. The van der Waals surface area contributed by atoms with Crippen LogP contribution in [-0.2, 0) is 16.1 Å². The van der Waals surface area contributed by atoms with Gasteiger partial charge in [0, 0.05) is 0 Å². The van der Waals surface area contributed by atoms with Crippen LogP contribution in [0.15, 0.2) is 48.5 Å². The van der Waals surface area contributed by atoms with Gasteiger partial charge in [-0.05, 0) is 31.5 Å². The van der Waals surface area contributed by atoms with Crippen LogP contribution in [0.25, 0.3) is 0 Å². The quantitative estimate of drug-likeness (QED) is 0.772. The van der Waals surface area contributed by atoms with Crippen molar-refractivity contribution in [3.8, 4) is 11.5 Å². The lowest BCUT2D eigenvalue weighted by Gasteiger charge is -2.18. The summed E-state index contributed by atoms with van der Waals surface area (Å²) >= 11 is 6.28. The summed E-state index contributed by atoms with van der Waals surface area (Å²) in [5, 5.41) is 0.521. The van der Waals surface area contributed by atoms with Gasteiger partial charge < -0.3 is 18.9 Å². The molecule has 0 radical (unpaired) electrons. The lowest BCUT2D eigenvalue weighted by atomic mass is 10.2. The molecule has 4 nitrogen and oxygen atoms in total. The van der Waals surface area contributed by atoms with E-state index in [1.54, 1.807) is 6.07 Å². The van der Waals surface area contributed by atoms with E-state index in [4.69, 9.17) is 30.5 Å². The third kappa shape index (κ3) is 4.41. The molecule has 0 amide bonds. The molecule has 1 saturated heterocycles. The molecular weight excluding hydrogens is 328 g/mol. The van der Waals surface area contributed by atoms with Gasteiger partial charge in [-0.15, -0.1) is 0 Å². The predicted octanol–water partition coefficient (Wildman–Crippen LogP) is 4.45. The molecule has 128 valence electrons. The number of hydrogen-bond acceptors (Lipinski definition) is 4. The first kappa shape index (κ1) is 17.1. The summed E-state index contributed by atoms with van der Waals surface area (Å²) < 4.78 is 23.0. The summed E-state index contributed by atoms with van der Waals surface area (Å²) in [4.78, 5) is 0. The van der Waals surface area contributed by atoms with Crippen molar-refractivity contribution in [3.63, 3.8) is 0 Å². The molecule has 1 heterocycles. The first-order chi connectivity index (χ1) is 11.5. The van der Waals surface area contributed by atoms with Crippen molar-refractivity contribution in [1.82, 2.24) is 0 Å². The average molecular weight is 349 g/mol. The first-order valence-corrected chi connectivity index (χ1v) is 8.31. The molecule has 1 fully saturated rings. The maximum atomic E-state index is 6.28. The summed E-state index contributed by atoms with van der Waals surface area (Å²) in [5.41, 5.74) is 1.07. The predicted molar refractivity (Wildman–Crippen MR) is 92.6 cm³/mol. The molecule has 1 aliphatic heterocycles. The topological polar surface area (TPSA) is 36.9 Å². The zero-order valence-electron chi connectivity index (χ0n) is 13.8. The van der Waals surface area contributed by atoms with E-state index >= 15 is 0 Å². The minimum atomic E-state index is -0.561. The van der Waals surface area contributed by atoms with Gasteiger partial charge in [-0.3, -0.25) is 0 Å². The van der Waals surface area contributed by atoms with Crippen LogP contribution in [0.4, 0.5) is 0 Å². The highest BCUT2D eigenvalue weighted by atomic mass is 35.5. The van der Waals surface area contributed by atoms with Crippen LogP contribution < -0.4 is 9.47 Å². The summed E-state index contributed by atoms with van der Waals surface area (Å²) in [7, 11) is 0. The molecule has 2 aromatic carbocycles. The number of rotatable bonds is 6. The normalized spacial score (nSPS) is 19.2. The summed E-state index contributed by atoms with van der Waals surface area (Å²) in [6, 6.07) is 15.4. The Labute approximate surface area is 147 Å². The highest BCUT2D eigenvalue weighted by Crippen LogP contribution is 2.36. The van der Waals surface area contributed by atoms with Gasteiger partial charge >= 0.3 is 0 Å². The largest absolute Gasteiger partial charge is 0.487 e. The Morgan fingerprint density at radius 3 is 2.58 bits per heavy atom. The van der Waals surface area contributed by atoms with Gasteiger partial charge in [0.25, 0.3) is 0 Å². The van der Waals surface area contributed by atoms with E-state index in [1.807, 2.05) is 56.3 Å². The maximum Gasteiger partial charge on any atom is 0.180 e. The highest BCUT2D eigenvalue weighted by Gasteiger charge is 2.33. The Morgan fingerprint density at radius 2 is 1.88 bits per heavy atom. The van der Waals surface area contributed by atoms with Crippen LogP contribution in [0.3, 0.4) is 0 Å². The summed E-state index contributed by atoms with van der Waals surface area (Å²) in [6.45, 7) is 5.10. The number of hydrogen-bond donors (Lipinski definition) is 0. The number of ether oxygens (including phenoxy) is 4. The van der Waals surface area contributed by atoms with Crippen molar-refractivity contribution >= 4 is 11.6 Å². The van der Waals surface area contributed by atoms with E-state index in [-0.39, 0.29) is 6.10 Å². The van der Waals surface area contributed by atoms with Crippen molar-refractivity contribution in [2.24, 2.45) is 0 Å². The monoisotopic (exact) mass is 348 g/mol. The maximum absolute atomic E-state index is 6.28. The molecule has 0 N–H and O–H groups in total. The zero-order valence-corrected chi connectivity index (χ0v) is 14.6. The molecule has 2 aromatic rings. The van der Waals surface area contributed by atoms with Crippen LogP contribution in [0.1, 0.15) is 19.4 Å². The molecule has 0 unspecified atom stereocenters. The third-order valence-electron chi connectivity index (χ3n) is 3.65. The Bertz CT molecular complexity index is 672. The summed E-state index contributed by atoms with van der Waals surface area (Å²) in [5.74, 6) is 0.586. The fraction of sp³-hybridized carbons (Fsp3) is 0.368. The zero-order chi connectivity index (χ0) is 17.0. The molecule has 5 heteroatoms. The molecule has 1 aliphatic rings. The van der Waals surface area contributed by atoms with Crippen molar-refractivity contribution < 1.29 is 18.9 Å². The Hall–Kier alpha value is -1.75. The molecule has 3 rings (SSSR count). The molecule has 1 atom stereocenters. The van der Waals surface area contributed by atoms with Crippen molar-refractivity contribution in [2.45, 2.75) is 32.3 Å². The van der Waals surface area contributed by atoms with Gasteiger partial charge in [0.05, 0.1) is 11.6 Å². The fourth-order valence-electron chi connectivity index (χ4n) is 2.50. The van der Waals surface area contributed by atoms with Gasteiger partial charge in [0.15, 0.2) is 17.3 Å². The number of benzene rings is 2. The second kappa shape index (κ2) is 7.43. The van der Waals surface area contributed by atoms with Crippen molar-refractivity contribution in [3.05, 3.63) is 59.1 Å². The summed E-state index contributed by atoms with van der Waals surface area (Å²) in [6.07, 6.45) is -0.110. The first-order valence-electron chi connectivity index (χ1n) is 7.93. The van der Waals surface area contributed by atoms with E-state index in [0.717, 1.165) is 5.56 Å². The minimum Gasteiger partial charge on any atom is -0.487 e. The Balaban J connectivity index is 1.64. The van der Waals surface area contributed by atoms with Crippen LogP contribution in [0.2, 0.25) is 5.02 Å². The Kier molecular flexibility index (Phi) is 5.29. The molecule has 0 saturated carbocycles. The van der Waals surface area contributed by atoms with Gasteiger partial charge in [0.2, 0.25) is 0 Å². The van der Waals surface area contributed by atoms with Gasteiger partial charge in [-0.2, -0.15) is 0 Å². The molecule has 0 bridgehead atoms. The highest BCUT2D eigenvalue weighted by molar-refractivity contribution is 6.32. The van der Waals surface area contributed by atoms with E-state index in [9.17, 15) is 0 Å². The number of halogens is 1. The molecule has 0 aliphatic carbocycles. The van der Waals surface area contributed by atoms with Crippen molar-refractivity contribution in [2.75, 3.05) is 13.2 Å². The van der Waals surface area contributed by atoms with Crippen LogP contribution >= 0.6 is 11.6 Å². The smallest absolute Gasteiger partial charge is 0.180 e. The molecular formula is C19H21ClO4. The standard InChI is InChI=1S/C19H21ClO4/c1-19(2)23-13-15(24-19)12-21-17-10-6-9-16(20)18(17)22-11-14-7-4-3-5-8-14/h3-10,15H,11-13H2,1-2H3/t15-/m0/s1. The lowest BCUT2D eigenvalue weighted by Crippen LogP contribution is -2.25. The average Bonchev–Trinajstić information content (AvgIpc) is 2.92. The van der Waals surface area contributed by atoms with Crippen molar-refractivity contribution in [1.29, 1.82) is 0 Å². The lowest BCUT2D eigenvalue weighted by molar-refractivity contribution is -0.141. The van der Waals surface area contributed by atoms with E-state index in [2.05, 4.69) is 0 Å². The Morgan fingerprint density at radius 1 is 1.08 bits per heavy atom. The van der Waals surface area contributed by atoms with Crippen LogP contribution in [0.5, 0.6) is 11.5 Å². The molecule has 0 spiro atoms. The van der Waals surface area contributed by atoms with Crippen LogP contribution in [-0.4, -0.2) is 25.1 Å². The minimum absolute atomic E-state index is 0.110.